The van der Waals surface area contributed by atoms with Crippen LogP contribution in [-0.4, -0.2) is 46.7 Å². The van der Waals surface area contributed by atoms with Crippen molar-refractivity contribution in [2.24, 2.45) is 0 Å². The number of aromatic nitrogens is 2. The molecule has 0 unspecified atom stereocenters. The highest BCUT2D eigenvalue weighted by atomic mass is 32.2. The Hall–Kier alpha value is -4.24. The summed E-state index contributed by atoms with van der Waals surface area (Å²) in [6.07, 6.45) is 0.798. The van der Waals surface area contributed by atoms with Crippen LogP contribution in [0.25, 0.3) is 16.9 Å². The fraction of sp³-hybridized carbons (Fsp3) is 0.281. The molecule has 1 aromatic heterocycles. The van der Waals surface area contributed by atoms with Crippen LogP contribution in [0.4, 0.5) is 5.82 Å². The maximum atomic E-state index is 13.9. The SMILES string of the molecule is CC[C@H](C)NC(=O)CN1C(=O)CS[C@@H](c2ccc3c(c2)OCO3)c2c(-c3ccccc3)nn(-c3ccc(C)cc3)c21. The number of nitrogens with one attached hydrogen (secondary N) is 1. The molecule has 0 radical (unpaired) electrons. The molecule has 1 N–H and O–H groups in total. The zero-order valence-electron chi connectivity index (χ0n) is 23.3. The highest BCUT2D eigenvalue weighted by Crippen LogP contribution is 2.50. The van der Waals surface area contributed by atoms with Crippen molar-refractivity contribution < 1.29 is 19.1 Å². The number of thioether (sulfide) groups is 1. The first kappa shape index (κ1) is 27.0. The van der Waals surface area contributed by atoms with E-state index in [0.717, 1.165) is 40.1 Å². The van der Waals surface area contributed by atoms with Crippen LogP contribution in [0, 0.1) is 6.92 Å². The normalized spacial score (nSPS) is 16.7. The molecule has 0 saturated carbocycles. The summed E-state index contributed by atoms with van der Waals surface area (Å²) in [5.41, 5.74) is 5.47. The fourth-order valence-electron chi connectivity index (χ4n) is 5.10. The van der Waals surface area contributed by atoms with E-state index in [1.165, 1.54) is 11.8 Å². The van der Waals surface area contributed by atoms with Gasteiger partial charge in [0.25, 0.3) is 0 Å². The van der Waals surface area contributed by atoms with E-state index >= 15 is 0 Å². The lowest BCUT2D eigenvalue weighted by Gasteiger charge is -2.24. The van der Waals surface area contributed by atoms with Crippen molar-refractivity contribution in [2.45, 2.75) is 38.5 Å². The second-order valence-corrected chi connectivity index (χ2v) is 11.5. The number of rotatable bonds is 7. The standard InChI is InChI=1S/C32H32N4O4S/c1-4-21(3)33-27(37)17-35-28(38)18-41-31(23-12-15-25-26(16-23)40-19-39-25)29-30(22-8-6-5-7-9-22)34-36(32(29)35)24-13-10-20(2)11-14-24/h5-16,21,31H,4,17-19H2,1-3H3,(H,33,37)/t21-,31-/m0/s1. The number of carbonyl (C=O) groups excluding carboxylic acids is 2. The number of hydrogen-bond acceptors (Lipinski definition) is 6. The Morgan fingerprint density at radius 1 is 1.07 bits per heavy atom. The van der Waals surface area contributed by atoms with E-state index in [-0.39, 0.29) is 42.2 Å². The number of fused-ring (bicyclic) bond motifs is 2. The number of carbonyl (C=O) groups is 2. The van der Waals surface area contributed by atoms with E-state index in [4.69, 9.17) is 14.6 Å². The second-order valence-electron chi connectivity index (χ2n) is 10.4. The number of anilines is 1. The minimum atomic E-state index is -0.250. The highest BCUT2D eigenvalue weighted by molar-refractivity contribution is 8.00. The van der Waals surface area contributed by atoms with Crippen LogP contribution >= 0.6 is 11.8 Å². The predicted molar refractivity (Wildman–Crippen MR) is 161 cm³/mol. The third-order valence-corrected chi connectivity index (χ3v) is 8.69. The van der Waals surface area contributed by atoms with E-state index in [2.05, 4.69) is 5.32 Å². The molecule has 210 valence electrons. The number of nitrogens with zero attached hydrogens (tertiary/aromatic N) is 3. The van der Waals surface area contributed by atoms with Gasteiger partial charge < -0.3 is 14.8 Å². The average molecular weight is 569 g/mol. The lowest BCUT2D eigenvalue weighted by Crippen LogP contribution is -2.44. The van der Waals surface area contributed by atoms with Crippen LogP contribution < -0.4 is 19.7 Å². The topological polar surface area (TPSA) is 85.7 Å². The van der Waals surface area contributed by atoms with Crippen LogP contribution in [0.2, 0.25) is 0 Å². The number of hydrogen-bond donors (Lipinski definition) is 1. The Bertz CT molecular complexity index is 1590. The monoisotopic (exact) mass is 568 g/mol. The van der Waals surface area contributed by atoms with E-state index in [0.29, 0.717) is 17.3 Å². The van der Waals surface area contributed by atoms with Crippen molar-refractivity contribution in [1.29, 1.82) is 0 Å². The first-order valence-electron chi connectivity index (χ1n) is 13.8. The van der Waals surface area contributed by atoms with Crippen LogP contribution in [-0.2, 0) is 9.59 Å². The first-order valence-corrected chi connectivity index (χ1v) is 14.8. The lowest BCUT2D eigenvalue weighted by atomic mass is 9.99. The zero-order valence-corrected chi connectivity index (χ0v) is 24.1. The Morgan fingerprint density at radius 2 is 1.83 bits per heavy atom. The van der Waals surface area contributed by atoms with Crippen molar-refractivity contribution in [3.8, 4) is 28.4 Å². The minimum absolute atomic E-state index is 0.00157. The summed E-state index contributed by atoms with van der Waals surface area (Å²) in [7, 11) is 0. The summed E-state index contributed by atoms with van der Waals surface area (Å²) >= 11 is 1.53. The van der Waals surface area contributed by atoms with E-state index < -0.39 is 0 Å². The largest absolute Gasteiger partial charge is 0.454 e. The Labute approximate surface area is 243 Å². The maximum Gasteiger partial charge on any atom is 0.240 e. The van der Waals surface area contributed by atoms with Crippen molar-refractivity contribution in [2.75, 3.05) is 24.0 Å². The summed E-state index contributed by atoms with van der Waals surface area (Å²) < 4.78 is 13.1. The quantitative estimate of drug-likeness (QED) is 0.310. The third kappa shape index (κ3) is 5.29. The van der Waals surface area contributed by atoms with Crippen LogP contribution in [0.15, 0.2) is 72.8 Å². The Balaban J connectivity index is 1.58. The van der Waals surface area contributed by atoms with Crippen molar-refractivity contribution in [3.63, 3.8) is 0 Å². The van der Waals surface area contributed by atoms with E-state index in [9.17, 15) is 9.59 Å². The van der Waals surface area contributed by atoms with Gasteiger partial charge in [-0.3, -0.25) is 14.5 Å². The molecule has 2 aliphatic heterocycles. The Morgan fingerprint density at radius 3 is 2.59 bits per heavy atom. The van der Waals surface area contributed by atoms with Crippen LogP contribution in [0.1, 0.15) is 42.2 Å². The summed E-state index contributed by atoms with van der Waals surface area (Å²) in [6, 6.07) is 23.9. The van der Waals surface area contributed by atoms with E-state index in [1.807, 2.05) is 98.2 Å². The predicted octanol–water partition coefficient (Wildman–Crippen LogP) is 5.66. The summed E-state index contributed by atoms with van der Waals surface area (Å²) in [6.45, 7) is 6.09. The van der Waals surface area contributed by atoms with Gasteiger partial charge in [-0.25, -0.2) is 4.68 Å². The molecule has 0 bridgehead atoms. The fourth-order valence-corrected chi connectivity index (χ4v) is 6.29. The Kier molecular flexibility index (Phi) is 7.45. The van der Waals surface area contributed by atoms with Gasteiger partial charge in [0.15, 0.2) is 11.5 Å². The molecule has 2 aliphatic rings. The molecule has 2 atom stereocenters. The average Bonchev–Trinajstić information content (AvgIpc) is 3.58. The van der Waals surface area contributed by atoms with Gasteiger partial charge in [-0.05, 0) is 50.1 Å². The summed E-state index contributed by atoms with van der Waals surface area (Å²) in [5.74, 6) is 1.83. The lowest BCUT2D eigenvalue weighted by molar-refractivity contribution is -0.123. The van der Waals surface area contributed by atoms with Gasteiger partial charge >= 0.3 is 0 Å². The minimum Gasteiger partial charge on any atom is -0.454 e. The van der Waals surface area contributed by atoms with Crippen molar-refractivity contribution in [3.05, 3.63) is 89.5 Å². The third-order valence-electron chi connectivity index (χ3n) is 7.44. The van der Waals surface area contributed by atoms with Crippen LogP contribution in [0.3, 0.4) is 0 Å². The first-order chi connectivity index (χ1) is 19.9. The number of aryl methyl sites for hydroxylation is 1. The molecule has 3 heterocycles. The molecule has 0 aliphatic carbocycles. The molecular weight excluding hydrogens is 536 g/mol. The van der Waals surface area contributed by atoms with Crippen molar-refractivity contribution >= 4 is 29.4 Å². The summed E-state index contributed by atoms with van der Waals surface area (Å²) in [5, 5.41) is 7.92. The van der Waals surface area contributed by atoms with Gasteiger partial charge in [0, 0.05) is 17.2 Å². The second kappa shape index (κ2) is 11.3. The molecule has 2 amide bonds. The molecule has 0 saturated heterocycles. The molecular formula is C32H32N4O4S. The number of benzene rings is 3. The number of ether oxygens (including phenoxy) is 2. The van der Waals surface area contributed by atoms with Gasteiger partial charge in [-0.15, -0.1) is 11.8 Å². The highest BCUT2D eigenvalue weighted by Gasteiger charge is 2.38. The molecule has 6 rings (SSSR count). The summed E-state index contributed by atoms with van der Waals surface area (Å²) in [4.78, 5) is 28.7. The molecule has 4 aromatic rings. The molecule has 0 spiro atoms. The number of amides is 2. The van der Waals surface area contributed by atoms with Crippen LogP contribution in [0.5, 0.6) is 11.5 Å². The molecule has 0 fully saturated rings. The van der Waals surface area contributed by atoms with Gasteiger partial charge in [0.2, 0.25) is 18.6 Å². The van der Waals surface area contributed by atoms with E-state index in [1.54, 1.807) is 4.90 Å². The molecule has 41 heavy (non-hydrogen) atoms. The smallest absolute Gasteiger partial charge is 0.240 e. The molecule has 8 nitrogen and oxygen atoms in total. The van der Waals surface area contributed by atoms with Gasteiger partial charge in [0.05, 0.1) is 22.4 Å². The van der Waals surface area contributed by atoms with Gasteiger partial charge in [-0.2, -0.15) is 5.10 Å². The van der Waals surface area contributed by atoms with Crippen molar-refractivity contribution in [1.82, 2.24) is 15.1 Å². The maximum absolute atomic E-state index is 13.9. The van der Waals surface area contributed by atoms with Gasteiger partial charge in [0.1, 0.15) is 12.4 Å². The van der Waals surface area contributed by atoms with Gasteiger partial charge in [-0.1, -0.05) is 61.0 Å². The zero-order chi connectivity index (χ0) is 28.5. The molecule has 3 aromatic carbocycles. The molecule has 9 heteroatoms.